The number of nitriles is 1. The molecule has 0 spiro atoms. The normalized spacial score (nSPS) is 31.8. The predicted molar refractivity (Wildman–Crippen MR) is 110 cm³/mol. The molecule has 1 aromatic carbocycles. The molecule has 2 unspecified atom stereocenters. The molecule has 1 saturated heterocycles. The fraction of sp³-hybridized carbons (Fsp3) is 0.500. The number of carbonyl (C=O) groups is 1. The standard InChI is InChI=1S/C24H26N4O2/c1-16-7-8-28(22(16)17-5-3-2-4-6-17)23(29)20-11-24(9-18(20)10-24)15-30-21-14-26-19(12-25)13-27-21/h2-6,13-14,16,18,20,22H,7-11,15H2,1H3/t16?,18?,20-,22?,24?/m0/s1. The first-order valence-electron chi connectivity index (χ1n) is 10.8. The molecule has 6 heteroatoms. The second-order valence-electron chi connectivity index (χ2n) is 9.27. The molecule has 2 heterocycles. The van der Waals surface area contributed by atoms with E-state index in [1.165, 1.54) is 18.0 Å². The maximum Gasteiger partial charge on any atom is 0.232 e. The molecule has 1 aliphatic heterocycles. The van der Waals surface area contributed by atoms with Crippen molar-refractivity contribution < 1.29 is 9.53 Å². The van der Waals surface area contributed by atoms with Crippen LogP contribution in [-0.4, -0.2) is 33.9 Å². The van der Waals surface area contributed by atoms with E-state index in [0.717, 1.165) is 32.2 Å². The summed E-state index contributed by atoms with van der Waals surface area (Å²) in [6.45, 7) is 3.67. The number of hydrogen-bond donors (Lipinski definition) is 0. The van der Waals surface area contributed by atoms with Gasteiger partial charge in [0.2, 0.25) is 11.8 Å². The topological polar surface area (TPSA) is 79.1 Å². The van der Waals surface area contributed by atoms with Crippen LogP contribution in [0.25, 0.3) is 0 Å². The molecule has 1 amide bonds. The highest BCUT2D eigenvalue weighted by atomic mass is 16.5. The van der Waals surface area contributed by atoms with Crippen LogP contribution in [0.15, 0.2) is 42.7 Å². The van der Waals surface area contributed by atoms with E-state index < -0.39 is 0 Å². The van der Waals surface area contributed by atoms with Gasteiger partial charge in [0.15, 0.2) is 5.69 Å². The van der Waals surface area contributed by atoms with E-state index >= 15 is 0 Å². The highest BCUT2D eigenvalue weighted by Gasteiger charge is 2.59. The number of fused-ring (bicyclic) bond motifs is 1. The van der Waals surface area contributed by atoms with Gasteiger partial charge in [0.25, 0.3) is 0 Å². The number of ether oxygens (including phenoxy) is 1. The Balaban J connectivity index is 1.24. The minimum atomic E-state index is 0.0775. The van der Waals surface area contributed by atoms with Crippen LogP contribution in [0.4, 0.5) is 0 Å². The van der Waals surface area contributed by atoms with Crippen molar-refractivity contribution in [3.05, 3.63) is 54.0 Å². The Hall–Kier alpha value is -2.94. The van der Waals surface area contributed by atoms with Crippen molar-refractivity contribution in [1.29, 1.82) is 5.26 Å². The van der Waals surface area contributed by atoms with Crippen molar-refractivity contribution in [3.63, 3.8) is 0 Å². The molecule has 3 saturated carbocycles. The molecule has 4 aliphatic rings. The van der Waals surface area contributed by atoms with Crippen molar-refractivity contribution in [3.8, 4) is 11.9 Å². The quantitative estimate of drug-likeness (QED) is 0.761. The summed E-state index contributed by atoms with van der Waals surface area (Å²) in [5.74, 6) is 1.84. The van der Waals surface area contributed by atoms with E-state index in [-0.39, 0.29) is 23.1 Å². The van der Waals surface area contributed by atoms with Crippen molar-refractivity contribution in [2.45, 2.75) is 38.6 Å². The van der Waals surface area contributed by atoms with Gasteiger partial charge in [0.05, 0.1) is 25.0 Å². The van der Waals surface area contributed by atoms with Gasteiger partial charge in [-0.15, -0.1) is 0 Å². The number of benzene rings is 1. The lowest BCUT2D eigenvalue weighted by atomic mass is 9.70. The highest BCUT2D eigenvalue weighted by Crippen LogP contribution is 2.62. The maximum absolute atomic E-state index is 13.5. The molecule has 4 fully saturated rings. The van der Waals surface area contributed by atoms with E-state index in [9.17, 15) is 4.79 Å². The summed E-state index contributed by atoms with van der Waals surface area (Å²) < 4.78 is 5.88. The summed E-state index contributed by atoms with van der Waals surface area (Å²) in [7, 11) is 0. The molecule has 30 heavy (non-hydrogen) atoms. The van der Waals surface area contributed by atoms with Gasteiger partial charge in [-0.3, -0.25) is 4.79 Å². The minimum absolute atomic E-state index is 0.0775. The molecule has 154 valence electrons. The molecule has 0 radical (unpaired) electrons. The largest absolute Gasteiger partial charge is 0.476 e. The molecule has 0 N–H and O–H groups in total. The zero-order valence-corrected chi connectivity index (χ0v) is 17.2. The summed E-state index contributed by atoms with van der Waals surface area (Å²) in [5.41, 5.74) is 1.61. The van der Waals surface area contributed by atoms with E-state index in [1.54, 1.807) is 0 Å². The second-order valence-corrected chi connectivity index (χ2v) is 9.27. The van der Waals surface area contributed by atoms with Crippen molar-refractivity contribution in [2.75, 3.05) is 13.2 Å². The molecular weight excluding hydrogens is 376 g/mol. The number of aromatic nitrogens is 2. The van der Waals surface area contributed by atoms with Gasteiger partial charge in [0.1, 0.15) is 6.07 Å². The van der Waals surface area contributed by atoms with Crippen molar-refractivity contribution in [2.24, 2.45) is 23.2 Å². The highest BCUT2D eigenvalue weighted by molar-refractivity contribution is 5.81. The number of nitrogens with zero attached hydrogens (tertiary/aromatic N) is 4. The maximum atomic E-state index is 13.5. The fourth-order valence-electron chi connectivity index (χ4n) is 5.84. The lowest BCUT2D eigenvalue weighted by Crippen LogP contribution is -2.38. The number of rotatable bonds is 5. The number of likely N-dealkylation sites (tertiary alicyclic amines) is 1. The SMILES string of the molecule is CC1CCN(C(=O)[C@H]2CC3(COc4cnc(C#N)cn4)CC2C3)C1c1ccccc1. The van der Waals surface area contributed by atoms with E-state index in [1.807, 2.05) is 12.1 Å². The zero-order valence-electron chi connectivity index (χ0n) is 17.2. The zero-order chi connectivity index (χ0) is 20.7. The minimum Gasteiger partial charge on any atom is -0.476 e. The lowest BCUT2D eigenvalue weighted by Gasteiger charge is -2.38. The van der Waals surface area contributed by atoms with Gasteiger partial charge in [-0.1, -0.05) is 37.3 Å². The van der Waals surface area contributed by atoms with Gasteiger partial charge >= 0.3 is 0 Å². The smallest absolute Gasteiger partial charge is 0.232 e. The molecular formula is C24H26N4O2. The van der Waals surface area contributed by atoms with Crippen LogP contribution in [0.3, 0.4) is 0 Å². The number of amides is 1. The summed E-state index contributed by atoms with van der Waals surface area (Å²) in [5, 5.41) is 8.83. The molecule has 1 aromatic heterocycles. The lowest BCUT2D eigenvalue weighted by molar-refractivity contribution is -0.137. The third-order valence-electron chi connectivity index (χ3n) is 7.32. The number of carbonyl (C=O) groups excluding carboxylic acids is 1. The third kappa shape index (κ3) is 3.23. The van der Waals surface area contributed by atoms with E-state index in [4.69, 9.17) is 10.00 Å². The van der Waals surface area contributed by atoms with Crippen molar-refractivity contribution >= 4 is 5.91 Å². The molecule has 2 aromatic rings. The summed E-state index contributed by atoms with van der Waals surface area (Å²) in [6.07, 6.45) is 6.98. The predicted octanol–water partition coefficient (Wildman–Crippen LogP) is 3.75. The van der Waals surface area contributed by atoms with E-state index in [2.05, 4.69) is 46.1 Å². The Kier molecular flexibility index (Phi) is 4.69. The average molecular weight is 402 g/mol. The number of hydrogen-bond acceptors (Lipinski definition) is 5. The first-order chi connectivity index (χ1) is 14.6. The summed E-state index contributed by atoms with van der Waals surface area (Å²) in [6, 6.07) is 12.6. The Morgan fingerprint density at radius 2 is 2.03 bits per heavy atom. The Morgan fingerprint density at radius 3 is 2.73 bits per heavy atom. The first kappa shape index (κ1) is 19.0. The Bertz CT molecular complexity index is 963. The van der Waals surface area contributed by atoms with Gasteiger partial charge in [-0.25, -0.2) is 9.97 Å². The monoisotopic (exact) mass is 402 g/mol. The molecule has 6 rings (SSSR count). The van der Waals surface area contributed by atoms with Crippen molar-refractivity contribution in [1.82, 2.24) is 14.9 Å². The Labute approximate surface area is 176 Å². The van der Waals surface area contributed by atoms with Crippen LogP contribution in [-0.2, 0) is 4.79 Å². The fourth-order valence-corrected chi connectivity index (χ4v) is 5.84. The van der Waals surface area contributed by atoms with Gasteiger partial charge in [-0.05, 0) is 43.1 Å². The summed E-state index contributed by atoms with van der Waals surface area (Å²) in [4.78, 5) is 23.8. The van der Waals surface area contributed by atoms with Crippen LogP contribution in [0, 0.1) is 34.5 Å². The molecule has 2 bridgehead atoms. The van der Waals surface area contributed by atoms with Crippen LogP contribution >= 0.6 is 0 Å². The molecule has 6 nitrogen and oxygen atoms in total. The van der Waals surface area contributed by atoms with Gasteiger partial charge in [0, 0.05) is 17.9 Å². The van der Waals surface area contributed by atoms with Gasteiger partial charge in [-0.2, -0.15) is 5.26 Å². The van der Waals surface area contributed by atoms with Crippen LogP contribution in [0.5, 0.6) is 5.88 Å². The molecule has 3 aliphatic carbocycles. The second kappa shape index (κ2) is 7.39. The van der Waals surface area contributed by atoms with Crippen LogP contribution in [0.1, 0.15) is 49.9 Å². The average Bonchev–Trinajstić information content (AvgIpc) is 3.44. The van der Waals surface area contributed by atoms with Crippen LogP contribution < -0.4 is 4.74 Å². The van der Waals surface area contributed by atoms with Gasteiger partial charge < -0.3 is 9.64 Å². The third-order valence-corrected chi connectivity index (χ3v) is 7.32. The molecule has 3 atom stereocenters. The van der Waals surface area contributed by atoms with E-state index in [0.29, 0.717) is 30.2 Å². The summed E-state index contributed by atoms with van der Waals surface area (Å²) >= 11 is 0. The van der Waals surface area contributed by atoms with Crippen LogP contribution in [0.2, 0.25) is 0 Å². The Morgan fingerprint density at radius 1 is 1.23 bits per heavy atom. The first-order valence-corrected chi connectivity index (χ1v) is 10.8.